The summed E-state index contributed by atoms with van der Waals surface area (Å²) < 4.78 is 6.56. The Morgan fingerprint density at radius 1 is 1.21 bits per heavy atom. The van der Waals surface area contributed by atoms with Gasteiger partial charge in [-0.1, -0.05) is 30.3 Å². The van der Waals surface area contributed by atoms with E-state index in [0.29, 0.717) is 21.2 Å². The van der Waals surface area contributed by atoms with Crippen LogP contribution in [0.4, 0.5) is 0 Å². The Kier molecular flexibility index (Phi) is 4.31. The van der Waals surface area contributed by atoms with Gasteiger partial charge < -0.3 is 9.72 Å². The molecule has 24 heavy (non-hydrogen) atoms. The topological polar surface area (TPSA) is 64.1 Å². The number of hydrogen-bond donors (Lipinski definition) is 1. The van der Waals surface area contributed by atoms with E-state index in [4.69, 9.17) is 17.0 Å². The van der Waals surface area contributed by atoms with Crippen molar-refractivity contribution in [3.63, 3.8) is 0 Å². The van der Waals surface area contributed by atoms with Crippen LogP contribution in [0.3, 0.4) is 0 Å². The molecule has 0 saturated carbocycles. The van der Waals surface area contributed by atoms with E-state index >= 15 is 0 Å². The zero-order valence-electron chi connectivity index (χ0n) is 13.3. The second-order valence-electron chi connectivity index (χ2n) is 5.44. The molecule has 0 radical (unpaired) electrons. The third-order valence-electron chi connectivity index (χ3n) is 4.02. The van der Waals surface area contributed by atoms with Crippen LogP contribution in [0.2, 0.25) is 0 Å². The van der Waals surface area contributed by atoms with Gasteiger partial charge in [-0.05, 0) is 42.9 Å². The molecule has 1 heterocycles. The SMILES string of the molecule is COC(=O)c1ccc2c(=O)n(C(C)c3ccccc3)c(=S)[nH]c2c1. The number of carbonyl (C=O) groups is 1. The van der Waals surface area contributed by atoms with Gasteiger partial charge in [0.15, 0.2) is 4.77 Å². The van der Waals surface area contributed by atoms with Gasteiger partial charge in [0.2, 0.25) is 0 Å². The monoisotopic (exact) mass is 340 g/mol. The fraction of sp³-hybridized carbons (Fsp3) is 0.167. The molecule has 122 valence electrons. The summed E-state index contributed by atoms with van der Waals surface area (Å²) in [5.41, 5.74) is 1.68. The lowest BCUT2D eigenvalue weighted by Crippen LogP contribution is -2.26. The van der Waals surface area contributed by atoms with Crippen molar-refractivity contribution in [3.8, 4) is 0 Å². The van der Waals surface area contributed by atoms with E-state index in [2.05, 4.69) is 4.98 Å². The van der Waals surface area contributed by atoms with Gasteiger partial charge in [0.25, 0.3) is 5.56 Å². The summed E-state index contributed by atoms with van der Waals surface area (Å²) in [6.45, 7) is 1.93. The number of ether oxygens (including phenoxy) is 1. The number of nitrogens with zero attached hydrogens (tertiary/aromatic N) is 1. The molecule has 0 aliphatic carbocycles. The minimum Gasteiger partial charge on any atom is -0.465 e. The summed E-state index contributed by atoms with van der Waals surface area (Å²) in [7, 11) is 1.31. The van der Waals surface area contributed by atoms with Gasteiger partial charge >= 0.3 is 5.97 Å². The third kappa shape index (κ3) is 2.76. The smallest absolute Gasteiger partial charge is 0.337 e. The maximum atomic E-state index is 12.9. The Labute approximate surface area is 143 Å². The molecule has 0 fully saturated rings. The molecule has 0 amide bonds. The van der Waals surface area contributed by atoms with Gasteiger partial charge in [0.05, 0.1) is 29.6 Å². The van der Waals surface area contributed by atoms with Crippen molar-refractivity contribution in [1.29, 1.82) is 0 Å². The van der Waals surface area contributed by atoms with Crippen LogP contribution in [0.15, 0.2) is 53.3 Å². The van der Waals surface area contributed by atoms with Gasteiger partial charge in [0, 0.05) is 0 Å². The molecule has 0 saturated heterocycles. The van der Waals surface area contributed by atoms with E-state index in [0.717, 1.165) is 5.56 Å². The fourth-order valence-corrected chi connectivity index (χ4v) is 3.06. The van der Waals surface area contributed by atoms with Crippen LogP contribution in [0.25, 0.3) is 10.9 Å². The van der Waals surface area contributed by atoms with Crippen LogP contribution in [0.5, 0.6) is 0 Å². The average molecular weight is 340 g/mol. The van der Waals surface area contributed by atoms with Crippen molar-refractivity contribution in [2.75, 3.05) is 7.11 Å². The molecule has 0 aliphatic rings. The number of fused-ring (bicyclic) bond motifs is 1. The highest BCUT2D eigenvalue weighted by Crippen LogP contribution is 2.18. The molecule has 3 aromatic rings. The first-order chi connectivity index (χ1) is 11.5. The average Bonchev–Trinajstić information content (AvgIpc) is 2.61. The lowest BCUT2D eigenvalue weighted by atomic mass is 10.1. The van der Waals surface area contributed by atoms with Crippen LogP contribution in [0, 0.1) is 4.77 Å². The molecule has 0 aliphatic heterocycles. The van der Waals surface area contributed by atoms with Gasteiger partial charge in [-0.25, -0.2) is 4.79 Å². The standard InChI is InChI=1S/C18H16N2O3S/c1-11(12-6-4-3-5-7-12)20-16(21)14-9-8-13(17(22)23-2)10-15(14)19-18(20)24/h3-11H,1-2H3,(H,19,24). The third-order valence-corrected chi connectivity index (χ3v) is 4.32. The zero-order chi connectivity index (χ0) is 17.3. The summed E-state index contributed by atoms with van der Waals surface area (Å²) >= 11 is 5.37. The highest BCUT2D eigenvalue weighted by molar-refractivity contribution is 7.71. The first-order valence-electron chi connectivity index (χ1n) is 7.44. The van der Waals surface area contributed by atoms with E-state index < -0.39 is 5.97 Å². The summed E-state index contributed by atoms with van der Waals surface area (Å²) in [5, 5.41) is 0.471. The van der Waals surface area contributed by atoms with Gasteiger partial charge in [-0.2, -0.15) is 0 Å². The Bertz CT molecular complexity index is 1020. The van der Waals surface area contributed by atoms with E-state index in [-0.39, 0.29) is 11.6 Å². The quantitative estimate of drug-likeness (QED) is 0.586. The van der Waals surface area contributed by atoms with Gasteiger partial charge in [-0.3, -0.25) is 9.36 Å². The number of methoxy groups -OCH3 is 1. The van der Waals surface area contributed by atoms with Crippen molar-refractivity contribution in [3.05, 3.63) is 74.8 Å². The lowest BCUT2D eigenvalue weighted by molar-refractivity contribution is 0.0601. The normalized spacial score (nSPS) is 12.1. The molecule has 0 spiro atoms. The minimum atomic E-state index is -0.460. The molecule has 6 heteroatoms. The van der Waals surface area contributed by atoms with Crippen molar-refractivity contribution < 1.29 is 9.53 Å². The number of hydrogen-bond acceptors (Lipinski definition) is 4. The molecular formula is C18H16N2O3S. The molecule has 5 nitrogen and oxygen atoms in total. The van der Waals surface area contributed by atoms with E-state index in [1.165, 1.54) is 7.11 Å². The lowest BCUT2D eigenvalue weighted by Gasteiger charge is -2.16. The molecule has 1 atom stereocenters. The highest BCUT2D eigenvalue weighted by atomic mass is 32.1. The van der Waals surface area contributed by atoms with Crippen LogP contribution >= 0.6 is 12.2 Å². The highest BCUT2D eigenvalue weighted by Gasteiger charge is 2.15. The predicted molar refractivity (Wildman–Crippen MR) is 95.0 cm³/mol. The second kappa shape index (κ2) is 6.41. The Hall–Kier alpha value is -2.73. The number of esters is 1. The van der Waals surface area contributed by atoms with Crippen LogP contribution < -0.4 is 5.56 Å². The number of benzene rings is 2. The van der Waals surface area contributed by atoms with Crippen LogP contribution in [-0.4, -0.2) is 22.6 Å². The van der Waals surface area contributed by atoms with Crippen molar-refractivity contribution in [2.45, 2.75) is 13.0 Å². The molecule has 1 N–H and O–H groups in total. The molecular weight excluding hydrogens is 324 g/mol. The second-order valence-corrected chi connectivity index (χ2v) is 5.83. The number of aromatic nitrogens is 2. The van der Waals surface area contributed by atoms with E-state index in [1.54, 1.807) is 22.8 Å². The predicted octanol–water partition coefficient (Wildman–Crippen LogP) is 3.45. The molecule has 1 aromatic heterocycles. The number of H-pyrrole nitrogens is 1. The molecule has 1 unspecified atom stereocenters. The van der Waals surface area contributed by atoms with Crippen molar-refractivity contribution in [1.82, 2.24) is 9.55 Å². The first-order valence-corrected chi connectivity index (χ1v) is 7.85. The van der Waals surface area contributed by atoms with Crippen molar-refractivity contribution in [2.24, 2.45) is 0 Å². The largest absolute Gasteiger partial charge is 0.465 e. The maximum Gasteiger partial charge on any atom is 0.337 e. The van der Waals surface area contributed by atoms with E-state index in [1.807, 2.05) is 37.3 Å². The number of rotatable bonds is 3. The summed E-state index contributed by atoms with van der Waals surface area (Å²) in [4.78, 5) is 27.6. The summed E-state index contributed by atoms with van der Waals surface area (Å²) in [5.74, 6) is -0.460. The molecule has 2 aromatic carbocycles. The van der Waals surface area contributed by atoms with Crippen LogP contribution in [0.1, 0.15) is 28.9 Å². The molecule has 3 rings (SSSR count). The van der Waals surface area contributed by atoms with E-state index in [9.17, 15) is 9.59 Å². The first kappa shape index (κ1) is 16.1. The van der Waals surface area contributed by atoms with Gasteiger partial charge in [0.1, 0.15) is 0 Å². The maximum absolute atomic E-state index is 12.9. The zero-order valence-corrected chi connectivity index (χ0v) is 14.1. The number of aromatic amines is 1. The number of carbonyl (C=O) groups excluding carboxylic acids is 1. The fourth-order valence-electron chi connectivity index (χ4n) is 2.71. The van der Waals surface area contributed by atoms with Crippen molar-refractivity contribution >= 4 is 29.1 Å². The summed E-state index contributed by atoms with van der Waals surface area (Å²) in [6, 6.07) is 14.2. The van der Waals surface area contributed by atoms with Crippen LogP contribution in [-0.2, 0) is 4.74 Å². The number of nitrogens with one attached hydrogen (secondary N) is 1. The Balaban J connectivity index is 2.20. The molecule has 0 bridgehead atoms. The minimum absolute atomic E-state index is 0.193. The Morgan fingerprint density at radius 3 is 2.58 bits per heavy atom. The van der Waals surface area contributed by atoms with Gasteiger partial charge in [-0.15, -0.1) is 0 Å². The Morgan fingerprint density at radius 2 is 1.92 bits per heavy atom. The summed E-state index contributed by atoms with van der Waals surface area (Å²) in [6.07, 6.45) is 0.